The number of nitrogens with zero attached hydrogens (tertiary/aromatic N) is 2. The van der Waals surface area contributed by atoms with E-state index in [1.165, 1.54) is 12.1 Å². The predicted octanol–water partition coefficient (Wildman–Crippen LogP) is 3.50. The van der Waals surface area contributed by atoms with E-state index in [2.05, 4.69) is 4.98 Å². The smallest absolute Gasteiger partial charge is 0.318 e. The van der Waals surface area contributed by atoms with Gasteiger partial charge in [-0.25, -0.2) is 4.98 Å². The van der Waals surface area contributed by atoms with Crippen LogP contribution in [0.4, 0.5) is 18.9 Å². The van der Waals surface area contributed by atoms with Crippen molar-refractivity contribution in [2.45, 2.75) is 6.18 Å². The maximum Gasteiger partial charge on any atom is 0.471 e. The zero-order valence-electron chi connectivity index (χ0n) is 11.1. The van der Waals surface area contributed by atoms with Crippen LogP contribution in [-0.2, 0) is 4.79 Å². The van der Waals surface area contributed by atoms with Crippen LogP contribution in [0, 0.1) is 0 Å². The first-order valence-corrected chi connectivity index (χ1v) is 6.36. The molecule has 0 spiro atoms. The fraction of sp³-hybridized carbons (Fsp3) is 0.0667. The summed E-state index contributed by atoms with van der Waals surface area (Å²) in [4.78, 5) is 15.3. The zero-order chi connectivity index (χ0) is 15.7. The SMILES string of the molecule is O=C(Nc1ccc(-c2cn3ccccc3n2)cc1)C(F)(F)F. The van der Waals surface area contributed by atoms with Crippen LogP contribution in [0.25, 0.3) is 16.9 Å². The monoisotopic (exact) mass is 305 g/mol. The van der Waals surface area contributed by atoms with Crippen LogP contribution in [0.5, 0.6) is 0 Å². The van der Waals surface area contributed by atoms with Gasteiger partial charge in [0.25, 0.3) is 0 Å². The van der Waals surface area contributed by atoms with Crippen LogP contribution >= 0.6 is 0 Å². The lowest BCUT2D eigenvalue weighted by Gasteiger charge is -2.08. The molecule has 0 saturated carbocycles. The maximum absolute atomic E-state index is 12.2. The molecular formula is C15H10F3N3O. The number of carbonyl (C=O) groups excluding carboxylic acids is 1. The molecular weight excluding hydrogens is 295 g/mol. The first-order valence-electron chi connectivity index (χ1n) is 6.36. The number of hydrogen-bond acceptors (Lipinski definition) is 2. The molecule has 7 heteroatoms. The lowest BCUT2D eigenvalue weighted by atomic mass is 10.1. The van der Waals surface area contributed by atoms with Crippen molar-refractivity contribution in [1.82, 2.24) is 9.38 Å². The van der Waals surface area contributed by atoms with Gasteiger partial charge in [-0.3, -0.25) is 4.79 Å². The first-order chi connectivity index (χ1) is 10.4. The topological polar surface area (TPSA) is 46.4 Å². The lowest BCUT2D eigenvalue weighted by molar-refractivity contribution is -0.167. The number of amides is 1. The molecule has 0 unspecified atom stereocenters. The highest BCUT2D eigenvalue weighted by Gasteiger charge is 2.38. The average Bonchev–Trinajstić information content (AvgIpc) is 2.91. The minimum Gasteiger partial charge on any atom is -0.318 e. The van der Waals surface area contributed by atoms with Crippen LogP contribution in [0.15, 0.2) is 54.9 Å². The largest absolute Gasteiger partial charge is 0.471 e. The molecule has 4 nitrogen and oxygen atoms in total. The molecule has 0 fully saturated rings. The molecule has 2 heterocycles. The molecule has 0 bridgehead atoms. The predicted molar refractivity (Wildman–Crippen MR) is 75.3 cm³/mol. The summed E-state index contributed by atoms with van der Waals surface area (Å²) in [5.74, 6) is -1.99. The van der Waals surface area contributed by atoms with Gasteiger partial charge in [-0.05, 0) is 24.3 Å². The molecule has 3 aromatic rings. The van der Waals surface area contributed by atoms with Crippen LogP contribution in [-0.4, -0.2) is 21.5 Å². The number of benzene rings is 1. The molecule has 1 N–H and O–H groups in total. The summed E-state index contributed by atoms with van der Waals surface area (Å²) in [6.45, 7) is 0. The lowest BCUT2D eigenvalue weighted by Crippen LogP contribution is -2.29. The van der Waals surface area contributed by atoms with Gasteiger partial charge >= 0.3 is 12.1 Å². The van der Waals surface area contributed by atoms with Gasteiger partial charge in [0, 0.05) is 23.6 Å². The minimum absolute atomic E-state index is 0.0786. The number of fused-ring (bicyclic) bond motifs is 1. The Hall–Kier alpha value is -2.83. The van der Waals surface area contributed by atoms with E-state index < -0.39 is 12.1 Å². The van der Waals surface area contributed by atoms with Gasteiger partial charge in [-0.1, -0.05) is 18.2 Å². The first kappa shape index (κ1) is 14.1. The maximum atomic E-state index is 12.2. The molecule has 0 saturated heterocycles. The normalized spacial score (nSPS) is 11.6. The molecule has 3 rings (SSSR count). The number of carbonyl (C=O) groups is 1. The second-order valence-corrected chi connectivity index (χ2v) is 4.62. The summed E-state index contributed by atoms with van der Waals surface area (Å²) in [7, 11) is 0. The summed E-state index contributed by atoms with van der Waals surface area (Å²) in [5, 5.41) is 1.80. The standard InChI is InChI=1S/C15H10F3N3O/c16-15(17,18)14(22)19-11-6-4-10(5-7-11)12-9-21-8-2-1-3-13(21)20-12/h1-9H,(H,19,22). The Labute approximate surface area is 123 Å². The van der Waals surface area contributed by atoms with E-state index in [-0.39, 0.29) is 5.69 Å². The molecule has 1 amide bonds. The van der Waals surface area contributed by atoms with E-state index in [9.17, 15) is 18.0 Å². The summed E-state index contributed by atoms with van der Waals surface area (Å²) in [5.41, 5.74) is 2.29. The molecule has 2 aromatic heterocycles. The van der Waals surface area contributed by atoms with Crippen molar-refractivity contribution >= 4 is 17.2 Å². The Morgan fingerprint density at radius 2 is 1.82 bits per heavy atom. The molecule has 0 aliphatic carbocycles. The number of rotatable bonds is 2. The highest BCUT2D eigenvalue weighted by Crippen LogP contribution is 2.23. The highest BCUT2D eigenvalue weighted by atomic mass is 19.4. The number of hydrogen-bond donors (Lipinski definition) is 1. The Kier molecular flexibility index (Phi) is 3.32. The number of pyridine rings is 1. The number of aromatic nitrogens is 2. The van der Waals surface area contributed by atoms with Crippen LogP contribution < -0.4 is 5.32 Å². The zero-order valence-corrected chi connectivity index (χ0v) is 11.1. The molecule has 22 heavy (non-hydrogen) atoms. The Morgan fingerprint density at radius 3 is 2.45 bits per heavy atom. The summed E-state index contributed by atoms with van der Waals surface area (Å²) < 4.78 is 38.4. The van der Waals surface area contributed by atoms with Gasteiger partial charge in [0.15, 0.2) is 0 Å². The Balaban J connectivity index is 1.83. The summed E-state index contributed by atoms with van der Waals surface area (Å²) in [6, 6.07) is 11.6. The van der Waals surface area contributed by atoms with Crippen molar-refractivity contribution in [2.24, 2.45) is 0 Å². The number of alkyl halides is 3. The fourth-order valence-corrected chi connectivity index (χ4v) is 2.00. The molecule has 0 aliphatic heterocycles. The van der Waals surface area contributed by atoms with E-state index in [1.807, 2.05) is 35.0 Å². The molecule has 1 aromatic carbocycles. The van der Waals surface area contributed by atoms with E-state index >= 15 is 0 Å². The van der Waals surface area contributed by atoms with Crippen molar-refractivity contribution < 1.29 is 18.0 Å². The highest BCUT2D eigenvalue weighted by molar-refractivity contribution is 5.95. The molecule has 0 atom stereocenters. The molecule has 112 valence electrons. The summed E-state index contributed by atoms with van der Waals surface area (Å²) >= 11 is 0. The van der Waals surface area contributed by atoms with Crippen LogP contribution in [0.2, 0.25) is 0 Å². The fourth-order valence-electron chi connectivity index (χ4n) is 2.00. The average molecular weight is 305 g/mol. The third-order valence-corrected chi connectivity index (χ3v) is 3.06. The van der Waals surface area contributed by atoms with Gasteiger partial charge in [-0.2, -0.15) is 13.2 Å². The van der Waals surface area contributed by atoms with Gasteiger partial charge < -0.3 is 9.72 Å². The number of imidazole rings is 1. The van der Waals surface area contributed by atoms with Crippen molar-refractivity contribution in [3.63, 3.8) is 0 Å². The quantitative estimate of drug-likeness (QED) is 0.787. The van der Waals surface area contributed by atoms with E-state index in [1.54, 1.807) is 17.4 Å². The van der Waals surface area contributed by atoms with Gasteiger partial charge in [-0.15, -0.1) is 0 Å². The van der Waals surface area contributed by atoms with Crippen LogP contribution in [0.1, 0.15) is 0 Å². The van der Waals surface area contributed by atoms with E-state index in [4.69, 9.17) is 0 Å². The van der Waals surface area contributed by atoms with E-state index in [0.717, 1.165) is 11.2 Å². The summed E-state index contributed by atoms with van der Waals surface area (Å²) in [6.07, 6.45) is -1.23. The van der Waals surface area contributed by atoms with Crippen molar-refractivity contribution in [3.05, 3.63) is 54.9 Å². The van der Waals surface area contributed by atoms with E-state index in [0.29, 0.717) is 5.69 Å². The van der Waals surface area contributed by atoms with Crippen molar-refractivity contribution in [1.29, 1.82) is 0 Å². The second kappa shape index (κ2) is 5.18. The number of nitrogens with one attached hydrogen (secondary N) is 1. The second-order valence-electron chi connectivity index (χ2n) is 4.62. The van der Waals surface area contributed by atoms with Crippen molar-refractivity contribution in [2.75, 3.05) is 5.32 Å². The Morgan fingerprint density at radius 1 is 1.09 bits per heavy atom. The molecule has 0 radical (unpaired) electrons. The number of anilines is 1. The third kappa shape index (κ3) is 2.78. The van der Waals surface area contributed by atoms with Crippen LogP contribution in [0.3, 0.4) is 0 Å². The van der Waals surface area contributed by atoms with Gasteiger partial charge in [0.2, 0.25) is 0 Å². The molecule has 0 aliphatic rings. The third-order valence-electron chi connectivity index (χ3n) is 3.06. The minimum atomic E-state index is -4.90. The number of halogens is 3. The Bertz CT molecular complexity index is 789. The van der Waals surface area contributed by atoms with Gasteiger partial charge in [0.05, 0.1) is 5.69 Å². The van der Waals surface area contributed by atoms with Crippen molar-refractivity contribution in [3.8, 4) is 11.3 Å². The van der Waals surface area contributed by atoms with Gasteiger partial charge in [0.1, 0.15) is 5.65 Å².